The van der Waals surface area contributed by atoms with Gasteiger partial charge in [-0.05, 0) is 250 Å². The van der Waals surface area contributed by atoms with Gasteiger partial charge in [0.15, 0.2) is 0 Å². The van der Waals surface area contributed by atoms with Gasteiger partial charge in [0, 0.05) is 62.7 Å². The van der Waals surface area contributed by atoms with Crippen molar-refractivity contribution >= 4 is 113 Å². The second-order valence-electron chi connectivity index (χ2n) is 31.8. The third-order valence-corrected chi connectivity index (χ3v) is 26.3. The third-order valence-electron chi connectivity index (χ3n) is 24.2. The van der Waals surface area contributed by atoms with Gasteiger partial charge in [0.05, 0.1) is 38.8 Å². The molecule has 0 radical (unpaired) electrons. The molecule has 0 aliphatic heterocycles. The molecule has 0 N–H and O–H groups in total. The van der Waals surface area contributed by atoms with E-state index in [1.54, 1.807) is 0 Å². The van der Waals surface area contributed by atoms with Gasteiger partial charge in [0.1, 0.15) is 0 Å². The number of hydrogen-bond acceptors (Lipinski definition) is 0. The lowest BCUT2D eigenvalue weighted by Gasteiger charge is -2.16. The van der Waals surface area contributed by atoms with Crippen molar-refractivity contribution in [2.24, 2.45) is 0 Å². The lowest BCUT2D eigenvalue weighted by atomic mass is 9.97. The minimum absolute atomic E-state index is 1.10. The van der Waals surface area contributed by atoms with E-state index in [0.717, 1.165) is 19.1 Å². The average Bonchev–Trinajstić information content (AvgIpc) is 1.60. The average molecular weight is 1800 g/mol. The van der Waals surface area contributed by atoms with Crippen LogP contribution in [-0.4, -0.2) is 13.7 Å². The third kappa shape index (κ3) is 15.5. The quantitative estimate of drug-likeness (QED) is 0.103. The van der Waals surface area contributed by atoms with Gasteiger partial charge in [0.2, 0.25) is 0 Å². The molecule has 0 amide bonds. The van der Waals surface area contributed by atoms with Crippen molar-refractivity contribution in [1.29, 1.82) is 0 Å². The van der Waals surface area contributed by atoms with Crippen LogP contribution in [0, 0.1) is 0 Å². The van der Waals surface area contributed by atoms with E-state index in [-0.39, 0.29) is 0 Å². The summed E-state index contributed by atoms with van der Waals surface area (Å²) in [5, 5.41) is 7.51. The Morgan fingerprint density at radius 1 is 0.127 bits per heavy atom. The molecular formula is C120H80Br3N3. The Labute approximate surface area is 758 Å². The minimum Gasteiger partial charge on any atom is -0.309 e. The lowest BCUT2D eigenvalue weighted by molar-refractivity contribution is 1.18. The maximum Gasteiger partial charge on any atom is 0.0541 e. The largest absolute Gasteiger partial charge is 0.309 e. The van der Waals surface area contributed by atoms with Gasteiger partial charge in [-0.25, -0.2) is 0 Å². The molecule has 0 fully saturated rings. The van der Waals surface area contributed by atoms with Crippen molar-refractivity contribution in [3.05, 3.63) is 499 Å². The van der Waals surface area contributed by atoms with Gasteiger partial charge in [-0.1, -0.05) is 400 Å². The summed E-state index contributed by atoms with van der Waals surface area (Å²) in [6, 6.07) is 174. The van der Waals surface area contributed by atoms with Crippen LogP contribution in [0.4, 0.5) is 0 Å². The van der Waals surface area contributed by atoms with Gasteiger partial charge in [-0.3, -0.25) is 0 Å². The molecule has 23 aromatic rings. The highest BCUT2D eigenvalue weighted by molar-refractivity contribution is 9.11. The van der Waals surface area contributed by atoms with Crippen LogP contribution in [0.3, 0.4) is 0 Å². The first kappa shape index (κ1) is 78.5. The Morgan fingerprint density at radius 3 is 0.778 bits per heavy atom. The smallest absolute Gasteiger partial charge is 0.0541 e. The normalized spacial score (nSPS) is 11.3. The van der Waals surface area contributed by atoms with E-state index in [2.05, 4.69) is 547 Å². The number of para-hydroxylation sites is 3. The standard InChI is InChI=1S/2C42H28BrN.C36H24BrN/c43-39-20-9-7-18-35(39)34-17-11-16-31(26-34)33-23-25-42-38(28-33)36-19-8-10-21-40(36)44(42)41-24-22-32(29-12-3-1-4-13-29)27-37(41)30-14-5-2-6-15-30;43-40-20-9-7-18-37(40)33-17-11-16-31(24-33)32-22-23-42-39(28-32)38-19-8-10-21-41(38)44(42)36-26-34(29-12-3-1-4-13-29)25-35(27-36)30-14-5-2-6-15-30;37-34-18-6-4-16-31(34)29-14-8-12-26(22-29)28-20-21-36-33(24-28)32-17-5-7-19-35(32)38(36)30-15-9-13-27(23-30)25-10-2-1-3-11-25/h2*1-28H;1-24H. The number of aromatic nitrogens is 3. The molecule has 0 bridgehead atoms. The van der Waals surface area contributed by atoms with Crippen LogP contribution in [0.1, 0.15) is 0 Å². The molecule has 126 heavy (non-hydrogen) atoms. The van der Waals surface area contributed by atoms with Crippen molar-refractivity contribution in [2.45, 2.75) is 0 Å². The summed E-state index contributed by atoms with van der Waals surface area (Å²) in [5.74, 6) is 0. The Hall–Kier alpha value is -14.8. The molecule has 596 valence electrons. The number of hydrogen-bond donors (Lipinski definition) is 0. The SMILES string of the molecule is Brc1ccccc1-c1cccc(-c2ccc3c(c2)c2ccccc2n3-c2cc(-c3ccccc3)cc(-c3ccccc3)c2)c1.Brc1ccccc1-c1cccc(-c2ccc3c(c2)c2ccccc2n3-c2ccc(-c3ccccc3)cc2-c2ccccc2)c1.Brc1ccccc1-c1cccc(-c2ccc3c(c2)c2ccccc2n3-c2cccc(-c3ccccc3)c2)c1. The molecule has 23 rings (SSSR count). The molecule has 0 spiro atoms. The van der Waals surface area contributed by atoms with Crippen LogP contribution in [-0.2, 0) is 0 Å². The molecule has 3 heterocycles. The second-order valence-corrected chi connectivity index (χ2v) is 34.4. The fraction of sp³-hybridized carbons (Fsp3) is 0. The highest BCUT2D eigenvalue weighted by Gasteiger charge is 2.22. The van der Waals surface area contributed by atoms with E-state index < -0.39 is 0 Å². The Bertz CT molecular complexity index is 7930. The zero-order chi connectivity index (χ0) is 84.4. The molecule has 6 heteroatoms. The molecule has 20 aromatic carbocycles. The van der Waals surface area contributed by atoms with Crippen LogP contribution >= 0.6 is 47.8 Å². The summed E-state index contributed by atoms with van der Waals surface area (Å²) in [4.78, 5) is 0. The van der Waals surface area contributed by atoms with E-state index in [1.165, 1.54) is 199 Å². The zero-order valence-electron chi connectivity index (χ0n) is 68.7. The molecular weight excluding hydrogens is 1720 g/mol. The molecule has 0 aliphatic rings. The summed E-state index contributed by atoms with van der Waals surface area (Å²) in [5.41, 5.74) is 37.2. The molecule has 0 unspecified atom stereocenters. The van der Waals surface area contributed by atoms with E-state index in [0.29, 0.717) is 0 Å². The highest BCUT2D eigenvalue weighted by atomic mass is 79.9. The number of benzene rings is 20. The Kier molecular flexibility index (Phi) is 21.7. The summed E-state index contributed by atoms with van der Waals surface area (Å²) in [6.07, 6.45) is 0. The first-order valence-corrected chi connectivity index (χ1v) is 44.9. The van der Waals surface area contributed by atoms with Crippen LogP contribution in [0.5, 0.6) is 0 Å². The molecule has 0 saturated carbocycles. The predicted octanol–water partition coefficient (Wildman–Crippen LogP) is 35.0. The van der Waals surface area contributed by atoms with E-state index in [4.69, 9.17) is 0 Å². The second kappa shape index (κ2) is 34.9. The first-order valence-electron chi connectivity index (χ1n) is 42.6. The fourth-order valence-electron chi connectivity index (χ4n) is 18.1. The van der Waals surface area contributed by atoms with E-state index >= 15 is 0 Å². The van der Waals surface area contributed by atoms with Gasteiger partial charge >= 0.3 is 0 Å². The molecule has 0 atom stereocenters. The Morgan fingerprint density at radius 2 is 0.381 bits per heavy atom. The number of fused-ring (bicyclic) bond motifs is 9. The maximum atomic E-state index is 3.74. The summed E-state index contributed by atoms with van der Waals surface area (Å²) in [7, 11) is 0. The summed E-state index contributed by atoms with van der Waals surface area (Å²) in [6.45, 7) is 0. The number of halogens is 3. The van der Waals surface area contributed by atoms with Crippen LogP contribution in [0.25, 0.3) is 205 Å². The number of rotatable bonds is 14. The van der Waals surface area contributed by atoms with E-state index in [1.807, 2.05) is 0 Å². The number of nitrogens with zero attached hydrogens (tertiary/aromatic N) is 3. The first-order chi connectivity index (χ1) is 62.2. The van der Waals surface area contributed by atoms with Gasteiger partial charge < -0.3 is 13.7 Å². The van der Waals surface area contributed by atoms with Crippen LogP contribution < -0.4 is 0 Å². The highest BCUT2D eigenvalue weighted by Crippen LogP contribution is 2.45. The summed E-state index contributed by atoms with van der Waals surface area (Å²) < 4.78 is 10.5. The van der Waals surface area contributed by atoms with Gasteiger partial charge in [0.25, 0.3) is 0 Å². The van der Waals surface area contributed by atoms with E-state index in [9.17, 15) is 0 Å². The molecule has 0 saturated heterocycles. The molecule has 3 aromatic heterocycles. The van der Waals surface area contributed by atoms with Crippen molar-refractivity contribution in [1.82, 2.24) is 13.7 Å². The summed E-state index contributed by atoms with van der Waals surface area (Å²) >= 11 is 11.2. The molecule has 0 aliphatic carbocycles. The topological polar surface area (TPSA) is 14.8 Å². The van der Waals surface area contributed by atoms with Crippen molar-refractivity contribution in [3.63, 3.8) is 0 Å². The Balaban J connectivity index is 0.000000116. The predicted molar refractivity (Wildman–Crippen MR) is 545 cm³/mol. The fourth-order valence-corrected chi connectivity index (χ4v) is 19.7. The minimum atomic E-state index is 1.10. The monoisotopic (exact) mass is 1800 g/mol. The van der Waals surface area contributed by atoms with Gasteiger partial charge in [-0.2, -0.15) is 0 Å². The van der Waals surface area contributed by atoms with Crippen molar-refractivity contribution in [2.75, 3.05) is 0 Å². The van der Waals surface area contributed by atoms with Crippen LogP contribution in [0.2, 0.25) is 0 Å². The van der Waals surface area contributed by atoms with Crippen molar-refractivity contribution < 1.29 is 0 Å². The zero-order valence-corrected chi connectivity index (χ0v) is 73.4. The maximum absolute atomic E-state index is 3.74. The van der Waals surface area contributed by atoms with Gasteiger partial charge in [-0.15, -0.1) is 0 Å². The molecule has 3 nitrogen and oxygen atoms in total. The lowest BCUT2D eigenvalue weighted by Crippen LogP contribution is -1.98. The van der Waals surface area contributed by atoms with Crippen LogP contribution in [0.15, 0.2) is 499 Å². The van der Waals surface area contributed by atoms with Crippen molar-refractivity contribution in [3.8, 4) is 139 Å².